The second kappa shape index (κ2) is 7.25. The van der Waals surface area contributed by atoms with Crippen LogP contribution < -0.4 is 4.74 Å². The third kappa shape index (κ3) is 3.41. The number of non-ortho nitro benzene ring substituents is 1. The average Bonchev–Trinajstić information content (AvgIpc) is 3.16. The molecule has 1 N–H and O–H groups in total. The summed E-state index contributed by atoms with van der Waals surface area (Å²) in [4.78, 5) is 18.2. The van der Waals surface area contributed by atoms with Gasteiger partial charge in [0.15, 0.2) is 0 Å². The van der Waals surface area contributed by atoms with Gasteiger partial charge in [-0.3, -0.25) is 10.1 Å². The van der Waals surface area contributed by atoms with Crippen LogP contribution in [-0.2, 0) is 0 Å². The zero-order chi connectivity index (χ0) is 19.5. The Morgan fingerprint density at radius 1 is 1.04 bits per heavy atom. The molecule has 0 saturated heterocycles. The average molecular weight is 369 g/mol. The summed E-state index contributed by atoms with van der Waals surface area (Å²) in [5.74, 6) is 7.51. The molecule has 6 heteroatoms. The fraction of sp³-hybridized carbons (Fsp3) is 0.0455. The van der Waals surface area contributed by atoms with E-state index in [2.05, 4.69) is 21.8 Å². The maximum absolute atomic E-state index is 10.8. The van der Waals surface area contributed by atoms with Crippen molar-refractivity contribution in [2.75, 3.05) is 7.11 Å². The van der Waals surface area contributed by atoms with Crippen molar-refractivity contribution in [1.29, 1.82) is 0 Å². The molecular weight excluding hydrogens is 354 g/mol. The van der Waals surface area contributed by atoms with E-state index in [1.807, 2.05) is 42.5 Å². The third-order valence-corrected chi connectivity index (χ3v) is 4.28. The molecule has 0 amide bonds. The molecule has 0 radical (unpaired) electrons. The van der Waals surface area contributed by atoms with Gasteiger partial charge in [0, 0.05) is 23.3 Å². The first-order valence-corrected chi connectivity index (χ1v) is 8.54. The molecule has 0 aliphatic rings. The van der Waals surface area contributed by atoms with Crippen molar-refractivity contribution in [1.82, 2.24) is 9.97 Å². The summed E-state index contributed by atoms with van der Waals surface area (Å²) in [7, 11) is 1.59. The number of hydrogen-bond donors (Lipinski definition) is 1. The van der Waals surface area contributed by atoms with Crippen LogP contribution in [0, 0.1) is 22.0 Å². The number of nitrogens with one attached hydrogen (secondary N) is 1. The number of nitro groups is 1. The molecule has 6 nitrogen and oxygen atoms in total. The number of benzene rings is 3. The molecule has 0 spiro atoms. The van der Waals surface area contributed by atoms with Gasteiger partial charge in [0.1, 0.15) is 11.6 Å². The Labute approximate surface area is 161 Å². The Hall–Kier alpha value is -4.11. The highest BCUT2D eigenvalue weighted by Crippen LogP contribution is 2.26. The quantitative estimate of drug-likeness (QED) is 0.326. The lowest BCUT2D eigenvalue weighted by Gasteiger charge is -2.05. The van der Waals surface area contributed by atoms with Crippen molar-refractivity contribution in [2.24, 2.45) is 0 Å². The highest BCUT2D eigenvalue weighted by Gasteiger charge is 2.08. The molecule has 0 unspecified atom stereocenters. The number of nitrogens with zero attached hydrogens (tertiary/aromatic N) is 2. The lowest BCUT2D eigenvalue weighted by molar-refractivity contribution is -0.384. The van der Waals surface area contributed by atoms with Gasteiger partial charge < -0.3 is 9.72 Å². The monoisotopic (exact) mass is 369 g/mol. The SMILES string of the molecule is COc1ccc(-c2nc3ccccc3[nH]2)cc1C#Cc1ccc([N+](=O)[O-])cc1. The lowest BCUT2D eigenvalue weighted by Crippen LogP contribution is -1.90. The van der Waals surface area contributed by atoms with E-state index in [-0.39, 0.29) is 5.69 Å². The van der Waals surface area contributed by atoms with E-state index in [9.17, 15) is 10.1 Å². The van der Waals surface area contributed by atoms with Crippen LogP contribution in [0.4, 0.5) is 5.69 Å². The molecule has 4 rings (SSSR count). The molecule has 0 bridgehead atoms. The van der Waals surface area contributed by atoms with Crippen molar-refractivity contribution in [3.05, 3.63) is 88.0 Å². The van der Waals surface area contributed by atoms with Gasteiger partial charge in [-0.05, 0) is 42.5 Å². The normalized spacial score (nSPS) is 10.3. The maximum atomic E-state index is 10.8. The second-order valence-electron chi connectivity index (χ2n) is 6.07. The van der Waals surface area contributed by atoms with E-state index in [4.69, 9.17) is 4.74 Å². The minimum absolute atomic E-state index is 0.0370. The van der Waals surface area contributed by atoms with Crippen LogP contribution in [0.2, 0.25) is 0 Å². The zero-order valence-corrected chi connectivity index (χ0v) is 15.0. The van der Waals surface area contributed by atoms with E-state index in [1.165, 1.54) is 12.1 Å². The largest absolute Gasteiger partial charge is 0.495 e. The van der Waals surface area contributed by atoms with Crippen LogP contribution in [0.3, 0.4) is 0 Å². The number of rotatable bonds is 3. The topological polar surface area (TPSA) is 81.0 Å². The van der Waals surface area contributed by atoms with Gasteiger partial charge in [-0.1, -0.05) is 24.0 Å². The van der Waals surface area contributed by atoms with Gasteiger partial charge in [-0.15, -0.1) is 0 Å². The number of imidazole rings is 1. The van der Waals surface area contributed by atoms with Crippen LogP contribution in [0.25, 0.3) is 22.4 Å². The molecule has 0 aliphatic carbocycles. The predicted octanol–water partition coefficient (Wildman–Crippen LogP) is 4.55. The smallest absolute Gasteiger partial charge is 0.269 e. The van der Waals surface area contributed by atoms with Crippen molar-refractivity contribution in [2.45, 2.75) is 0 Å². The highest BCUT2D eigenvalue weighted by molar-refractivity contribution is 5.79. The Morgan fingerprint density at radius 3 is 2.54 bits per heavy atom. The molecule has 1 aromatic heterocycles. The molecule has 28 heavy (non-hydrogen) atoms. The first-order chi connectivity index (χ1) is 13.6. The minimum atomic E-state index is -0.433. The fourth-order valence-corrected chi connectivity index (χ4v) is 2.85. The molecule has 1 heterocycles. The Kier molecular flexibility index (Phi) is 4.48. The summed E-state index contributed by atoms with van der Waals surface area (Å²) >= 11 is 0. The molecule has 0 fully saturated rings. The van der Waals surface area contributed by atoms with Crippen molar-refractivity contribution < 1.29 is 9.66 Å². The standard InChI is InChI=1S/C22H15N3O3/c1-28-21-13-10-17(22-23-19-4-2-3-5-20(19)24-22)14-16(21)9-6-15-7-11-18(12-8-15)25(26)27/h2-5,7-8,10-14H,1H3,(H,23,24). The van der Waals surface area contributed by atoms with Gasteiger partial charge in [0.25, 0.3) is 5.69 Å². The summed E-state index contributed by atoms with van der Waals surface area (Å²) < 4.78 is 5.41. The zero-order valence-electron chi connectivity index (χ0n) is 15.0. The first kappa shape index (κ1) is 17.3. The van der Waals surface area contributed by atoms with Crippen molar-refractivity contribution in [3.63, 3.8) is 0 Å². The van der Waals surface area contributed by atoms with Crippen molar-refractivity contribution in [3.8, 4) is 29.0 Å². The maximum Gasteiger partial charge on any atom is 0.269 e. The van der Waals surface area contributed by atoms with Crippen LogP contribution in [0.15, 0.2) is 66.7 Å². The van der Waals surface area contributed by atoms with Crippen LogP contribution in [0.1, 0.15) is 11.1 Å². The molecule has 0 atom stereocenters. The summed E-state index contributed by atoms with van der Waals surface area (Å²) in [5, 5.41) is 10.8. The number of fused-ring (bicyclic) bond motifs is 1. The third-order valence-electron chi connectivity index (χ3n) is 4.28. The van der Waals surface area contributed by atoms with E-state index < -0.39 is 4.92 Å². The number of aromatic amines is 1. The summed E-state index contributed by atoms with van der Waals surface area (Å²) in [6.45, 7) is 0. The van der Waals surface area contributed by atoms with Crippen LogP contribution in [0.5, 0.6) is 5.75 Å². The number of nitro benzene ring substituents is 1. The van der Waals surface area contributed by atoms with E-state index in [0.29, 0.717) is 16.9 Å². The molecule has 136 valence electrons. The molecule has 3 aromatic carbocycles. The summed E-state index contributed by atoms with van der Waals surface area (Å²) in [6, 6.07) is 19.6. The van der Waals surface area contributed by atoms with Crippen LogP contribution in [-0.4, -0.2) is 22.0 Å². The number of H-pyrrole nitrogens is 1. The fourth-order valence-electron chi connectivity index (χ4n) is 2.85. The molecular formula is C22H15N3O3. The summed E-state index contributed by atoms with van der Waals surface area (Å²) in [6.07, 6.45) is 0. The number of aromatic nitrogens is 2. The predicted molar refractivity (Wildman–Crippen MR) is 107 cm³/mol. The number of hydrogen-bond acceptors (Lipinski definition) is 4. The lowest BCUT2D eigenvalue weighted by atomic mass is 10.1. The molecule has 0 aliphatic heterocycles. The van der Waals surface area contributed by atoms with Gasteiger partial charge in [-0.25, -0.2) is 4.98 Å². The van der Waals surface area contributed by atoms with Gasteiger partial charge in [0.05, 0.1) is 28.6 Å². The molecule has 0 saturated carbocycles. The first-order valence-electron chi connectivity index (χ1n) is 8.54. The van der Waals surface area contributed by atoms with E-state index in [1.54, 1.807) is 19.2 Å². The Balaban J connectivity index is 1.70. The van der Waals surface area contributed by atoms with E-state index in [0.717, 1.165) is 22.4 Å². The highest BCUT2D eigenvalue weighted by atomic mass is 16.6. The van der Waals surface area contributed by atoms with Crippen LogP contribution >= 0.6 is 0 Å². The summed E-state index contributed by atoms with van der Waals surface area (Å²) in [5.41, 5.74) is 4.18. The van der Waals surface area contributed by atoms with Gasteiger partial charge in [0.2, 0.25) is 0 Å². The number of methoxy groups -OCH3 is 1. The molecule has 4 aromatic rings. The van der Waals surface area contributed by atoms with Crippen molar-refractivity contribution >= 4 is 16.7 Å². The number of ether oxygens (including phenoxy) is 1. The second-order valence-corrected chi connectivity index (χ2v) is 6.07. The minimum Gasteiger partial charge on any atom is -0.495 e. The van der Waals surface area contributed by atoms with Gasteiger partial charge >= 0.3 is 0 Å². The van der Waals surface area contributed by atoms with Gasteiger partial charge in [-0.2, -0.15) is 0 Å². The Morgan fingerprint density at radius 2 is 1.82 bits per heavy atom. The number of para-hydroxylation sites is 2. The van der Waals surface area contributed by atoms with E-state index >= 15 is 0 Å². The Bertz CT molecular complexity index is 1200.